The fourth-order valence-corrected chi connectivity index (χ4v) is 2.50. The van der Waals surface area contributed by atoms with Crippen molar-refractivity contribution in [3.63, 3.8) is 0 Å². The van der Waals surface area contributed by atoms with E-state index in [9.17, 15) is 9.90 Å². The maximum Gasteiger partial charge on any atom is 0.246 e. The second-order valence-electron chi connectivity index (χ2n) is 5.79. The summed E-state index contributed by atoms with van der Waals surface area (Å²) < 4.78 is 5.16. The Kier molecular flexibility index (Phi) is 5.02. The first-order valence-corrected chi connectivity index (χ1v) is 7.34. The van der Waals surface area contributed by atoms with E-state index < -0.39 is 5.60 Å². The number of nitrogens with zero attached hydrogens (tertiary/aromatic N) is 1. The monoisotopic (exact) mass is 289 g/mol. The van der Waals surface area contributed by atoms with Gasteiger partial charge < -0.3 is 14.7 Å². The van der Waals surface area contributed by atoms with Gasteiger partial charge in [-0.3, -0.25) is 4.79 Å². The van der Waals surface area contributed by atoms with Gasteiger partial charge in [0.25, 0.3) is 0 Å². The number of methoxy groups -OCH3 is 1. The maximum absolute atomic E-state index is 12.2. The molecule has 1 atom stereocenters. The topological polar surface area (TPSA) is 49.8 Å². The summed E-state index contributed by atoms with van der Waals surface area (Å²) in [6.45, 7) is 3.15. The molecule has 0 aliphatic carbocycles. The Bertz CT molecular complexity index is 523. The first-order valence-electron chi connectivity index (χ1n) is 7.34. The van der Waals surface area contributed by atoms with Gasteiger partial charge in [-0.1, -0.05) is 12.1 Å². The second-order valence-corrected chi connectivity index (χ2v) is 5.79. The molecular formula is C17H23NO3. The molecule has 21 heavy (non-hydrogen) atoms. The molecule has 2 rings (SSSR count). The number of carbonyl (C=O) groups excluding carboxylic acids is 1. The molecule has 0 spiro atoms. The third-order valence-electron chi connectivity index (χ3n) is 3.89. The minimum absolute atomic E-state index is 0.00415. The predicted octanol–water partition coefficient (Wildman–Crippen LogP) is 2.47. The van der Waals surface area contributed by atoms with Crippen molar-refractivity contribution in [2.24, 2.45) is 0 Å². The smallest absolute Gasteiger partial charge is 0.246 e. The van der Waals surface area contributed by atoms with Crippen molar-refractivity contribution >= 4 is 12.0 Å². The molecule has 0 bridgehead atoms. The Balaban J connectivity index is 1.98. The van der Waals surface area contributed by atoms with Crippen LogP contribution in [0.3, 0.4) is 0 Å². The van der Waals surface area contributed by atoms with Crippen LogP contribution < -0.4 is 4.74 Å². The predicted molar refractivity (Wildman–Crippen MR) is 83.1 cm³/mol. The molecule has 0 saturated carbocycles. The largest absolute Gasteiger partial charge is 0.497 e. The minimum atomic E-state index is -0.647. The van der Waals surface area contributed by atoms with Gasteiger partial charge in [0.2, 0.25) is 5.91 Å². The van der Waals surface area contributed by atoms with Crippen molar-refractivity contribution < 1.29 is 14.6 Å². The van der Waals surface area contributed by atoms with E-state index in [2.05, 4.69) is 0 Å². The van der Waals surface area contributed by atoms with E-state index in [1.807, 2.05) is 31.2 Å². The molecule has 4 nitrogen and oxygen atoms in total. The highest BCUT2D eigenvalue weighted by atomic mass is 16.5. The van der Waals surface area contributed by atoms with Crippen LogP contribution in [-0.4, -0.2) is 41.7 Å². The normalized spacial score (nSPS) is 23.1. The van der Waals surface area contributed by atoms with E-state index >= 15 is 0 Å². The van der Waals surface area contributed by atoms with Crippen LogP contribution in [-0.2, 0) is 4.79 Å². The fraction of sp³-hybridized carbons (Fsp3) is 0.471. The lowest BCUT2D eigenvalue weighted by Crippen LogP contribution is -2.32. The summed E-state index contributed by atoms with van der Waals surface area (Å²) in [5.41, 5.74) is 0.287. The Labute approximate surface area is 126 Å². The van der Waals surface area contributed by atoms with Crippen LogP contribution in [0.2, 0.25) is 0 Å². The molecule has 1 N–H and O–H groups in total. The zero-order chi connectivity index (χ0) is 15.3. The quantitative estimate of drug-likeness (QED) is 0.870. The highest BCUT2D eigenvalue weighted by Gasteiger charge is 2.26. The number of rotatable bonds is 3. The second kappa shape index (κ2) is 6.76. The Morgan fingerprint density at radius 2 is 2.19 bits per heavy atom. The van der Waals surface area contributed by atoms with Gasteiger partial charge in [-0.15, -0.1) is 0 Å². The highest BCUT2D eigenvalue weighted by molar-refractivity contribution is 5.91. The van der Waals surface area contributed by atoms with Crippen LogP contribution in [0.1, 0.15) is 31.7 Å². The van der Waals surface area contributed by atoms with E-state index in [0.29, 0.717) is 19.5 Å². The summed E-state index contributed by atoms with van der Waals surface area (Å²) in [6.07, 6.45) is 5.61. The Morgan fingerprint density at radius 1 is 1.38 bits per heavy atom. The molecule has 1 saturated heterocycles. The van der Waals surface area contributed by atoms with E-state index in [1.54, 1.807) is 24.2 Å². The molecule has 1 aliphatic rings. The van der Waals surface area contributed by atoms with E-state index in [1.165, 1.54) is 0 Å². The number of aliphatic hydroxyl groups is 1. The third-order valence-corrected chi connectivity index (χ3v) is 3.89. The highest BCUT2D eigenvalue weighted by Crippen LogP contribution is 2.21. The van der Waals surface area contributed by atoms with E-state index in [0.717, 1.165) is 24.2 Å². The first-order chi connectivity index (χ1) is 10.00. The summed E-state index contributed by atoms with van der Waals surface area (Å²) in [5.74, 6) is 0.769. The number of ether oxygens (including phenoxy) is 1. The van der Waals surface area contributed by atoms with Crippen molar-refractivity contribution in [3.8, 4) is 5.75 Å². The van der Waals surface area contributed by atoms with Crippen LogP contribution in [0.4, 0.5) is 0 Å². The van der Waals surface area contributed by atoms with Crippen molar-refractivity contribution in [1.82, 2.24) is 4.90 Å². The molecule has 1 heterocycles. The van der Waals surface area contributed by atoms with Gasteiger partial charge in [0.05, 0.1) is 12.7 Å². The van der Waals surface area contributed by atoms with Crippen LogP contribution in [0.15, 0.2) is 30.3 Å². The number of amides is 1. The van der Waals surface area contributed by atoms with Gasteiger partial charge in [-0.25, -0.2) is 0 Å². The Hall–Kier alpha value is -1.81. The lowest BCUT2D eigenvalue weighted by atomic mass is 9.98. The number of hydrogen-bond donors (Lipinski definition) is 1. The van der Waals surface area contributed by atoms with E-state index in [4.69, 9.17) is 4.74 Å². The summed E-state index contributed by atoms with van der Waals surface area (Å²) in [7, 11) is 1.62. The number of likely N-dealkylation sites (tertiary alicyclic amines) is 1. The first kappa shape index (κ1) is 15.6. The van der Waals surface area contributed by atoms with Gasteiger partial charge in [0.1, 0.15) is 5.75 Å². The zero-order valence-electron chi connectivity index (χ0n) is 12.7. The van der Waals surface area contributed by atoms with Crippen molar-refractivity contribution in [2.75, 3.05) is 20.2 Å². The summed E-state index contributed by atoms with van der Waals surface area (Å²) in [4.78, 5) is 14.0. The van der Waals surface area contributed by atoms with Crippen molar-refractivity contribution in [2.45, 2.75) is 31.8 Å². The van der Waals surface area contributed by atoms with Crippen LogP contribution in [0, 0.1) is 0 Å². The lowest BCUT2D eigenvalue weighted by molar-refractivity contribution is -0.126. The lowest BCUT2D eigenvalue weighted by Gasteiger charge is -2.21. The standard InChI is InChI=1S/C17H23NO3/c1-17(20)9-4-11-18(12-10-17)16(19)8-7-14-5-3-6-15(13-14)21-2/h3,5-8,13,20H,4,9-12H2,1-2H3/b8-7+. The van der Waals surface area contributed by atoms with Crippen molar-refractivity contribution in [3.05, 3.63) is 35.9 Å². The molecule has 114 valence electrons. The van der Waals surface area contributed by atoms with E-state index in [-0.39, 0.29) is 5.91 Å². The Morgan fingerprint density at radius 3 is 2.95 bits per heavy atom. The molecular weight excluding hydrogens is 266 g/mol. The average molecular weight is 289 g/mol. The van der Waals surface area contributed by atoms with Gasteiger partial charge >= 0.3 is 0 Å². The molecule has 1 aromatic carbocycles. The molecule has 0 radical (unpaired) electrons. The number of hydrogen-bond acceptors (Lipinski definition) is 3. The molecule has 1 unspecified atom stereocenters. The zero-order valence-corrected chi connectivity index (χ0v) is 12.7. The summed E-state index contributed by atoms with van der Waals surface area (Å²) in [5, 5.41) is 10.0. The molecule has 4 heteroatoms. The molecule has 1 aromatic rings. The number of benzene rings is 1. The summed E-state index contributed by atoms with van der Waals surface area (Å²) >= 11 is 0. The van der Waals surface area contributed by atoms with Crippen LogP contribution in [0.25, 0.3) is 6.08 Å². The minimum Gasteiger partial charge on any atom is -0.497 e. The van der Waals surface area contributed by atoms with Gasteiger partial charge in [-0.2, -0.15) is 0 Å². The maximum atomic E-state index is 12.2. The van der Waals surface area contributed by atoms with Gasteiger partial charge in [-0.05, 0) is 50.0 Å². The average Bonchev–Trinajstić information content (AvgIpc) is 2.66. The van der Waals surface area contributed by atoms with Gasteiger partial charge in [0.15, 0.2) is 0 Å². The van der Waals surface area contributed by atoms with Gasteiger partial charge in [0, 0.05) is 19.2 Å². The fourth-order valence-electron chi connectivity index (χ4n) is 2.50. The van der Waals surface area contributed by atoms with Crippen molar-refractivity contribution in [1.29, 1.82) is 0 Å². The number of carbonyl (C=O) groups is 1. The molecule has 1 fully saturated rings. The summed E-state index contributed by atoms with van der Waals surface area (Å²) in [6, 6.07) is 7.58. The third kappa shape index (κ3) is 4.60. The van der Waals surface area contributed by atoms with Crippen LogP contribution in [0.5, 0.6) is 5.75 Å². The molecule has 1 aliphatic heterocycles. The molecule has 1 amide bonds. The molecule has 0 aromatic heterocycles. The SMILES string of the molecule is COc1cccc(/C=C/C(=O)N2CCCC(C)(O)CC2)c1. The van der Waals surface area contributed by atoms with Crippen LogP contribution >= 0.6 is 0 Å².